The molecule has 0 bridgehead atoms. The number of esters is 1. The highest BCUT2D eigenvalue weighted by molar-refractivity contribution is 5.69. The number of furan rings is 1. The zero-order valence-corrected chi connectivity index (χ0v) is 8.79. The van der Waals surface area contributed by atoms with Crippen molar-refractivity contribution in [3.63, 3.8) is 0 Å². The summed E-state index contributed by atoms with van der Waals surface area (Å²) < 4.78 is 10.3. The maximum Gasteiger partial charge on any atom is 0.306 e. The summed E-state index contributed by atoms with van der Waals surface area (Å²) in [6.45, 7) is 2.11. The van der Waals surface area contributed by atoms with Crippen LogP contribution in [0.15, 0.2) is 16.5 Å². The minimum Gasteiger partial charge on any atom is -0.461 e. The predicted octanol–water partition coefficient (Wildman–Crippen LogP) is 2.30. The molecular weight excluding hydrogens is 192 g/mol. The Labute approximate surface area is 89.4 Å². The molecule has 0 amide bonds. The van der Waals surface area contributed by atoms with Crippen LogP contribution in [0.4, 0.5) is 0 Å². The molecule has 0 aliphatic rings. The van der Waals surface area contributed by atoms with E-state index in [4.69, 9.17) is 15.6 Å². The van der Waals surface area contributed by atoms with Gasteiger partial charge in [-0.1, -0.05) is 12.8 Å². The predicted molar refractivity (Wildman–Crippen MR) is 55.9 cm³/mol. The highest BCUT2D eigenvalue weighted by Gasteiger charge is 2.05. The molecule has 0 aliphatic heterocycles. The standard InChI is InChI=1S/C12H14O3/c1-3-5-10-7-8-11(15-10)9-14-12(13)6-4-2/h1,7-8H,4-6,9H2,2H3. The van der Waals surface area contributed by atoms with Gasteiger partial charge in [-0.05, 0) is 18.6 Å². The van der Waals surface area contributed by atoms with Gasteiger partial charge in [0.25, 0.3) is 0 Å². The second kappa shape index (κ2) is 5.92. The van der Waals surface area contributed by atoms with Gasteiger partial charge in [-0.15, -0.1) is 6.42 Å². The number of carbonyl (C=O) groups is 1. The van der Waals surface area contributed by atoms with E-state index in [1.54, 1.807) is 12.1 Å². The summed E-state index contributed by atoms with van der Waals surface area (Å²) in [5.41, 5.74) is 0. The lowest BCUT2D eigenvalue weighted by atomic mass is 10.3. The third kappa shape index (κ3) is 3.90. The Hall–Kier alpha value is -1.69. The fourth-order valence-corrected chi connectivity index (χ4v) is 1.12. The largest absolute Gasteiger partial charge is 0.461 e. The number of carbonyl (C=O) groups excluding carboxylic acids is 1. The lowest BCUT2D eigenvalue weighted by Crippen LogP contribution is -2.02. The molecule has 3 heteroatoms. The summed E-state index contributed by atoms with van der Waals surface area (Å²) in [7, 11) is 0. The van der Waals surface area contributed by atoms with Crippen molar-refractivity contribution in [1.82, 2.24) is 0 Å². The molecule has 0 radical (unpaired) electrons. The number of ether oxygens (including phenoxy) is 1. The van der Waals surface area contributed by atoms with Crippen LogP contribution in [0.2, 0.25) is 0 Å². The Balaban J connectivity index is 2.38. The molecule has 3 nitrogen and oxygen atoms in total. The molecule has 0 aromatic carbocycles. The van der Waals surface area contributed by atoms with Crippen molar-refractivity contribution in [2.45, 2.75) is 32.8 Å². The normalized spacial score (nSPS) is 9.60. The van der Waals surface area contributed by atoms with Crippen molar-refractivity contribution in [2.24, 2.45) is 0 Å². The molecule has 0 N–H and O–H groups in total. The van der Waals surface area contributed by atoms with Gasteiger partial charge >= 0.3 is 5.97 Å². The molecule has 0 atom stereocenters. The summed E-state index contributed by atoms with van der Waals surface area (Å²) in [6, 6.07) is 3.56. The van der Waals surface area contributed by atoms with Gasteiger partial charge in [0, 0.05) is 6.42 Å². The highest BCUT2D eigenvalue weighted by Crippen LogP contribution is 2.09. The Morgan fingerprint density at radius 3 is 2.93 bits per heavy atom. The van der Waals surface area contributed by atoms with E-state index in [2.05, 4.69) is 5.92 Å². The van der Waals surface area contributed by atoms with E-state index in [-0.39, 0.29) is 12.6 Å². The highest BCUT2D eigenvalue weighted by atomic mass is 16.5. The van der Waals surface area contributed by atoms with Crippen molar-refractivity contribution < 1.29 is 13.9 Å². The number of hydrogen-bond acceptors (Lipinski definition) is 3. The van der Waals surface area contributed by atoms with E-state index >= 15 is 0 Å². The van der Waals surface area contributed by atoms with Crippen LogP contribution in [0.25, 0.3) is 0 Å². The molecule has 0 unspecified atom stereocenters. The van der Waals surface area contributed by atoms with Crippen LogP contribution < -0.4 is 0 Å². The van der Waals surface area contributed by atoms with Gasteiger partial charge < -0.3 is 9.15 Å². The monoisotopic (exact) mass is 206 g/mol. The Morgan fingerprint density at radius 2 is 2.27 bits per heavy atom. The summed E-state index contributed by atoms with van der Waals surface area (Å²) in [5.74, 6) is 3.63. The second-order valence-electron chi connectivity index (χ2n) is 3.16. The first-order valence-electron chi connectivity index (χ1n) is 4.93. The molecule has 1 heterocycles. The Kier molecular flexibility index (Phi) is 4.49. The first-order valence-corrected chi connectivity index (χ1v) is 4.93. The van der Waals surface area contributed by atoms with Crippen LogP contribution in [0.3, 0.4) is 0 Å². The van der Waals surface area contributed by atoms with E-state index in [1.807, 2.05) is 6.92 Å². The topological polar surface area (TPSA) is 39.4 Å². The number of terminal acetylenes is 1. The molecule has 1 rings (SSSR count). The summed E-state index contributed by atoms with van der Waals surface area (Å²) in [5, 5.41) is 0. The van der Waals surface area contributed by atoms with Crippen molar-refractivity contribution in [3.8, 4) is 12.3 Å². The molecule has 0 saturated heterocycles. The first kappa shape index (κ1) is 11.4. The summed E-state index contributed by atoms with van der Waals surface area (Å²) in [4.78, 5) is 11.1. The Bertz CT molecular complexity index is 357. The van der Waals surface area contributed by atoms with E-state index in [0.717, 1.165) is 12.2 Å². The zero-order chi connectivity index (χ0) is 11.1. The van der Waals surface area contributed by atoms with Gasteiger partial charge in [0.05, 0.1) is 6.42 Å². The molecule has 80 valence electrons. The molecule has 0 fully saturated rings. The van der Waals surface area contributed by atoms with Crippen molar-refractivity contribution >= 4 is 5.97 Å². The number of hydrogen-bond donors (Lipinski definition) is 0. The van der Waals surface area contributed by atoms with Crippen LogP contribution in [-0.4, -0.2) is 5.97 Å². The van der Waals surface area contributed by atoms with E-state index in [9.17, 15) is 4.79 Å². The molecule has 15 heavy (non-hydrogen) atoms. The molecule has 1 aromatic heterocycles. The van der Waals surface area contributed by atoms with E-state index in [0.29, 0.717) is 18.6 Å². The first-order chi connectivity index (χ1) is 7.26. The fourth-order valence-electron chi connectivity index (χ4n) is 1.12. The van der Waals surface area contributed by atoms with Crippen LogP contribution >= 0.6 is 0 Å². The lowest BCUT2D eigenvalue weighted by Gasteiger charge is -2.00. The maximum absolute atomic E-state index is 11.1. The third-order valence-corrected chi connectivity index (χ3v) is 1.82. The van der Waals surface area contributed by atoms with Crippen LogP contribution in [0.5, 0.6) is 0 Å². The second-order valence-corrected chi connectivity index (χ2v) is 3.16. The van der Waals surface area contributed by atoms with Gasteiger partial charge in [-0.3, -0.25) is 4.79 Å². The lowest BCUT2D eigenvalue weighted by molar-refractivity contribution is -0.145. The van der Waals surface area contributed by atoms with E-state index < -0.39 is 0 Å². The zero-order valence-electron chi connectivity index (χ0n) is 8.79. The number of rotatable bonds is 5. The van der Waals surface area contributed by atoms with Gasteiger partial charge in [-0.25, -0.2) is 0 Å². The summed E-state index contributed by atoms with van der Waals surface area (Å²) >= 11 is 0. The average molecular weight is 206 g/mol. The molecule has 0 saturated carbocycles. The van der Waals surface area contributed by atoms with Gasteiger partial charge in [0.2, 0.25) is 0 Å². The Morgan fingerprint density at radius 1 is 1.53 bits per heavy atom. The van der Waals surface area contributed by atoms with Crippen molar-refractivity contribution in [2.75, 3.05) is 0 Å². The quantitative estimate of drug-likeness (QED) is 0.548. The van der Waals surface area contributed by atoms with Gasteiger partial charge in [-0.2, -0.15) is 0 Å². The van der Waals surface area contributed by atoms with Crippen LogP contribution in [0.1, 0.15) is 31.3 Å². The third-order valence-electron chi connectivity index (χ3n) is 1.82. The van der Waals surface area contributed by atoms with Crippen LogP contribution in [-0.2, 0) is 22.6 Å². The van der Waals surface area contributed by atoms with Gasteiger partial charge in [0.1, 0.15) is 18.1 Å². The van der Waals surface area contributed by atoms with E-state index in [1.165, 1.54) is 0 Å². The minimum atomic E-state index is -0.201. The van der Waals surface area contributed by atoms with Gasteiger partial charge in [0.15, 0.2) is 0 Å². The molecule has 1 aromatic rings. The maximum atomic E-state index is 11.1. The minimum absolute atomic E-state index is 0.184. The summed E-state index contributed by atoms with van der Waals surface area (Å²) in [6.07, 6.45) is 6.83. The SMILES string of the molecule is C#CCc1ccc(COC(=O)CCC)o1. The van der Waals surface area contributed by atoms with Crippen molar-refractivity contribution in [3.05, 3.63) is 23.7 Å². The van der Waals surface area contributed by atoms with Crippen molar-refractivity contribution in [1.29, 1.82) is 0 Å². The fraction of sp³-hybridized carbons (Fsp3) is 0.417. The smallest absolute Gasteiger partial charge is 0.306 e. The average Bonchev–Trinajstić information content (AvgIpc) is 2.64. The molecular formula is C12H14O3. The molecule has 0 aliphatic carbocycles. The molecule has 0 spiro atoms. The van der Waals surface area contributed by atoms with Crippen LogP contribution in [0, 0.1) is 12.3 Å².